The molecule has 0 heterocycles. The van der Waals surface area contributed by atoms with Crippen LogP contribution in [-0.4, -0.2) is 20.1 Å². The smallest absolute Gasteiger partial charge is 0.263 e. The number of nitrogens with zero attached hydrogens (tertiary/aromatic N) is 1. The maximum atomic E-state index is 12.9. The summed E-state index contributed by atoms with van der Waals surface area (Å²) in [6, 6.07) is 12.4. The fourth-order valence-electron chi connectivity index (χ4n) is 2.33. The summed E-state index contributed by atoms with van der Waals surface area (Å²) < 4.78 is 23.4. The number of halogens is 1. The van der Waals surface area contributed by atoms with E-state index in [1.54, 1.807) is 32.2 Å². The molecule has 27 heavy (non-hydrogen) atoms. The van der Waals surface area contributed by atoms with Crippen LogP contribution in [0.2, 0.25) is 0 Å². The molecule has 2 N–H and O–H groups in total. The van der Waals surface area contributed by atoms with Crippen molar-refractivity contribution in [2.45, 2.75) is 13.0 Å². The average Bonchev–Trinajstić information content (AvgIpc) is 2.69. The van der Waals surface area contributed by atoms with Gasteiger partial charge in [0.05, 0.1) is 20.3 Å². The monoisotopic (exact) mass is 369 g/mol. The number of hydrogen-bond acceptors (Lipinski definition) is 5. The van der Waals surface area contributed by atoms with Gasteiger partial charge in [0.1, 0.15) is 17.5 Å². The lowest BCUT2D eigenvalue weighted by molar-refractivity contribution is -0.117. The zero-order chi connectivity index (χ0) is 19.8. The van der Waals surface area contributed by atoms with E-state index in [1.165, 1.54) is 37.6 Å². The van der Waals surface area contributed by atoms with Crippen LogP contribution in [0.4, 0.5) is 10.1 Å². The van der Waals surface area contributed by atoms with E-state index in [1.807, 2.05) is 6.07 Å². The Bertz CT molecular complexity index is 873. The summed E-state index contributed by atoms with van der Waals surface area (Å²) in [5.74, 6) is 0.229. The van der Waals surface area contributed by atoms with E-state index in [9.17, 15) is 14.4 Å². The van der Waals surface area contributed by atoms with Gasteiger partial charge in [0.25, 0.3) is 5.91 Å². The first kappa shape index (κ1) is 19.8. The molecule has 0 aliphatic heterocycles. The number of carbonyl (C=O) groups excluding carboxylic acids is 1. The van der Waals surface area contributed by atoms with Gasteiger partial charge >= 0.3 is 0 Å². The third kappa shape index (κ3) is 5.22. The largest absolute Gasteiger partial charge is 0.493 e. The van der Waals surface area contributed by atoms with Gasteiger partial charge < -0.3 is 20.1 Å². The van der Waals surface area contributed by atoms with Crippen LogP contribution in [0.1, 0.15) is 18.5 Å². The van der Waals surface area contributed by atoms with Crippen LogP contribution in [0, 0.1) is 17.1 Å². The fraction of sp³-hybridized carbons (Fsp3) is 0.200. The molecule has 1 unspecified atom stereocenters. The van der Waals surface area contributed by atoms with Crippen LogP contribution >= 0.6 is 0 Å². The van der Waals surface area contributed by atoms with Gasteiger partial charge in [-0.05, 0) is 48.9 Å². The quantitative estimate of drug-likeness (QED) is 0.576. The molecule has 2 rings (SSSR count). The highest BCUT2D eigenvalue weighted by Crippen LogP contribution is 2.29. The molecule has 6 nitrogen and oxygen atoms in total. The summed E-state index contributed by atoms with van der Waals surface area (Å²) in [5.41, 5.74) is 1.25. The molecule has 2 aromatic carbocycles. The highest BCUT2D eigenvalue weighted by molar-refractivity contribution is 5.97. The number of methoxy groups -OCH3 is 2. The molecule has 0 fully saturated rings. The summed E-state index contributed by atoms with van der Waals surface area (Å²) in [6.07, 6.45) is 1.28. The minimum atomic E-state index is -0.533. The van der Waals surface area contributed by atoms with Gasteiger partial charge in [0, 0.05) is 11.9 Å². The van der Waals surface area contributed by atoms with Gasteiger partial charge in [-0.25, -0.2) is 4.39 Å². The number of nitriles is 1. The third-order valence-corrected chi connectivity index (χ3v) is 3.85. The first-order valence-electron chi connectivity index (χ1n) is 8.13. The molecule has 2 aromatic rings. The van der Waals surface area contributed by atoms with Gasteiger partial charge in [0.15, 0.2) is 11.5 Å². The highest BCUT2D eigenvalue weighted by Gasteiger charge is 2.15. The molecule has 0 aliphatic carbocycles. The van der Waals surface area contributed by atoms with Crippen molar-refractivity contribution in [3.63, 3.8) is 0 Å². The number of nitrogens with one attached hydrogen (secondary N) is 2. The van der Waals surface area contributed by atoms with E-state index in [0.717, 1.165) is 5.56 Å². The van der Waals surface area contributed by atoms with Crippen molar-refractivity contribution >= 4 is 11.6 Å². The first-order chi connectivity index (χ1) is 13.0. The Morgan fingerprint density at radius 3 is 2.41 bits per heavy atom. The molecular formula is C20H20FN3O3. The molecule has 0 spiro atoms. The molecule has 1 atom stereocenters. The number of ether oxygens (including phenoxy) is 2. The maximum Gasteiger partial charge on any atom is 0.263 e. The minimum absolute atomic E-state index is 0.105. The molecule has 140 valence electrons. The molecular weight excluding hydrogens is 349 g/mol. The van der Waals surface area contributed by atoms with E-state index in [0.29, 0.717) is 17.2 Å². The van der Waals surface area contributed by atoms with Crippen molar-refractivity contribution in [2.24, 2.45) is 0 Å². The molecule has 0 saturated heterocycles. The second-order valence-corrected chi connectivity index (χ2v) is 5.63. The topological polar surface area (TPSA) is 83.4 Å². The van der Waals surface area contributed by atoms with E-state index < -0.39 is 5.91 Å². The molecule has 1 amide bonds. The first-order valence-corrected chi connectivity index (χ1v) is 8.13. The molecule has 0 saturated carbocycles. The Labute approximate surface area is 157 Å². The standard InChI is InChI=1S/C20H20FN3O3/c1-13(14-4-9-18(26-2)19(10-14)27-3)24-20(25)15(11-22)12-23-17-7-5-16(21)6-8-17/h4-10,12-13,23H,1-3H3,(H,24,25)/b15-12-. The van der Waals surface area contributed by atoms with Crippen LogP contribution in [0.25, 0.3) is 0 Å². The lowest BCUT2D eigenvalue weighted by atomic mass is 10.1. The molecule has 0 aromatic heterocycles. The van der Waals surface area contributed by atoms with E-state index >= 15 is 0 Å². The van der Waals surface area contributed by atoms with Gasteiger partial charge in [-0.2, -0.15) is 5.26 Å². The number of rotatable bonds is 7. The van der Waals surface area contributed by atoms with Crippen molar-refractivity contribution in [1.82, 2.24) is 5.32 Å². The zero-order valence-electron chi connectivity index (χ0n) is 15.2. The van der Waals surface area contributed by atoms with Crippen LogP contribution in [0.15, 0.2) is 54.2 Å². The number of anilines is 1. The van der Waals surface area contributed by atoms with E-state index in [-0.39, 0.29) is 17.4 Å². The Morgan fingerprint density at radius 1 is 1.15 bits per heavy atom. The molecule has 0 bridgehead atoms. The van der Waals surface area contributed by atoms with Crippen molar-refractivity contribution in [2.75, 3.05) is 19.5 Å². The number of carbonyl (C=O) groups is 1. The lowest BCUT2D eigenvalue weighted by Gasteiger charge is -2.16. The summed E-state index contributed by atoms with van der Waals surface area (Å²) in [4.78, 5) is 12.4. The van der Waals surface area contributed by atoms with Crippen LogP contribution < -0.4 is 20.1 Å². The van der Waals surface area contributed by atoms with E-state index in [4.69, 9.17) is 9.47 Å². The number of benzene rings is 2. The average molecular weight is 369 g/mol. The Hall–Kier alpha value is -3.53. The summed E-state index contributed by atoms with van der Waals surface area (Å²) in [6.45, 7) is 1.79. The summed E-state index contributed by atoms with van der Waals surface area (Å²) in [5, 5.41) is 14.8. The second-order valence-electron chi connectivity index (χ2n) is 5.63. The van der Waals surface area contributed by atoms with Gasteiger partial charge in [0.2, 0.25) is 0 Å². The number of hydrogen-bond donors (Lipinski definition) is 2. The highest BCUT2D eigenvalue weighted by atomic mass is 19.1. The molecule has 0 aliphatic rings. The molecule has 7 heteroatoms. The zero-order valence-corrected chi connectivity index (χ0v) is 15.2. The van der Waals surface area contributed by atoms with Crippen LogP contribution in [0.5, 0.6) is 11.5 Å². The van der Waals surface area contributed by atoms with Gasteiger partial charge in [-0.3, -0.25) is 4.79 Å². The summed E-state index contributed by atoms with van der Waals surface area (Å²) in [7, 11) is 3.07. The Kier molecular flexibility index (Phi) is 6.78. The normalized spacial score (nSPS) is 11.9. The maximum absolute atomic E-state index is 12.9. The van der Waals surface area contributed by atoms with Crippen LogP contribution in [0.3, 0.4) is 0 Å². The van der Waals surface area contributed by atoms with Crippen molar-refractivity contribution in [1.29, 1.82) is 5.26 Å². The van der Waals surface area contributed by atoms with Gasteiger partial charge in [-0.15, -0.1) is 0 Å². The summed E-state index contributed by atoms with van der Waals surface area (Å²) >= 11 is 0. The Balaban J connectivity index is 2.08. The second kappa shape index (κ2) is 9.25. The Morgan fingerprint density at radius 2 is 1.81 bits per heavy atom. The fourth-order valence-corrected chi connectivity index (χ4v) is 2.33. The predicted molar refractivity (Wildman–Crippen MR) is 99.8 cm³/mol. The SMILES string of the molecule is COc1ccc(C(C)NC(=O)/C(C#N)=C\Nc2ccc(F)cc2)cc1OC. The van der Waals surface area contributed by atoms with Crippen LogP contribution in [-0.2, 0) is 4.79 Å². The van der Waals surface area contributed by atoms with Crippen molar-refractivity contribution in [3.8, 4) is 17.6 Å². The van der Waals surface area contributed by atoms with Crippen molar-refractivity contribution in [3.05, 3.63) is 65.6 Å². The lowest BCUT2D eigenvalue weighted by Crippen LogP contribution is -2.28. The number of amides is 1. The minimum Gasteiger partial charge on any atom is -0.493 e. The van der Waals surface area contributed by atoms with Crippen molar-refractivity contribution < 1.29 is 18.7 Å². The van der Waals surface area contributed by atoms with Gasteiger partial charge in [-0.1, -0.05) is 6.07 Å². The molecule has 0 radical (unpaired) electrons. The predicted octanol–water partition coefficient (Wildman–Crippen LogP) is 3.54. The third-order valence-electron chi connectivity index (χ3n) is 3.85. The van der Waals surface area contributed by atoms with E-state index in [2.05, 4.69) is 10.6 Å².